The van der Waals surface area contributed by atoms with E-state index in [4.69, 9.17) is 5.73 Å². The number of hydrogen-bond acceptors (Lipinski definition) is 10. The van der Waals surface area contributed by atoms with Crippen molar-refractivity contribution in [2.75, 3.05) is 39.6 Å². The van der Waals surface area contributed by atoms with Crippen molar-refractivity contribution in [1.29, 1.82) is 0 Å². The number of benzene rings is 1. The van der Waals surface area contributed by atoms with Gasteiger partial charge in [0.05, 0.1) is 11.6 Å². The third-order valence-corrected chi connectivity index (χ3v) is 8.47. The van der Waals surface area contributed by atoms with Crippen molar-refractivity contribution in [2.24, 2.45) is 23.5 Å². The number of phenols is 1. The highest BCUT2D eigenvalue weighted by molar-refractivity contribution is 6.24. The van der Waals surface area contributed by atoms with Crippen LogP contribution in [0.5, 0.6) is 5.75 Å². The fraction of sp³-hybridized carbons (Fsp3) is 0.552. The van der Waals surface area contributed by atoms with Crippen LogP contribution >= 0.6 is 0 Å². The first kappa shape index (κ1) is 29.6. The molecule has 4 atom stereocenters. The van der Waals surface area contributed by atoms with Crippen molar-refractivity contribution in [1.82, 2.24) is 10.2 Å². The van der Waals surface area contributed by atoms with Crippen molar-refractivity contribution in [2.45, 2.75) is 51.3 Å². The van der Waals surface area contributed by atoms with E-state index in [-0.39, 0.29) is 29.7 Å². The lowest BCUT2D eigenvalue weighted by atomic mass is 9.58. The molecule has 1 aromatic rings. The summed E-state index contributed by atoms with van der Waals surface area (Å²) in [7, 11) is 6.88. The van der Waals surface area contributed by atoms with Crippen molar-refractivity contribution < 1.29 is 34.8 Å². The lowest BCUT2D eigenvalue weighted by Gasteiger charge is -2.50. The van der Waals surface area contributed by atoms with Crippen LogP contribution in [0, 0.1) is 17.8 Å². The van der Waals surface area contributed by atoms with Crippen LogP contribution in [-0.4, -0.2) is 89.2 Å². The van der Waals surface area contributed by atoms with Crippen LogP contribution in [-0.2, 0) is 22.6 Å². The molecule has 0 spiro atoms. The van der Waals surface area contributed by atoms with Gasteiger partial charge in [-0.25, -0.2) is 0 Å². The standard InChI is InChI=1S/C29H40N4O7/c1-13(2)7-8-31-12-15-11-18(32(3)4)16-9-14-10-17-22(33(5)6)25(36)21(28(30)39)27(38)29(17,40)26(37)19(14)24(35)20(16)23(15)34/h11,13-14,17,22,31,34,36-37,40H,7-10,12H2,1-6H3,(H2,30,39). The Morgan fingerprint density at radius 1 is 1.18 bits per heavy atom. The number of fused-ring (bicyclic) bond motifs is 3. The van der Waals surface area contributed by atoms with Crippen molar-refractivity contribution in [3.63, 3.8) is 0 Å². The molecule has 0 bridgehead atoms. The summed E-state index contributed by atoms with van der Waals surface area (Å²) in [5, 5.41) is 48.7. The number of hydrogen-bond donors (Lipinski definition) is 6. The van der Waals surface area contributed by atoms with Gasteiger partial charge in [0.25, 0.3) is 5.91 Å². The van der Waals surface area contributed by atoms with E-state index in [2.05, 4.69) is 19.2 Å². The largest absolute Gasteiger partial charge is 0.510 e. The summed E-state index contributed by atoms with van der Waals surface area (Å²) in [6.45, 7) is 5.26. The molecule has 0 heterocycles. The molecule has 0 aliphatic heterocycles. The summed E-state index contributed by atoms with van der Waals surface area (Å²) in [6.07, 6.45) is 1.24. The Labute approximate surface area is 233 Å². The number of aromatic hydroxyl groups is 1. The van der Waals surface area contributed by atoms with Crippen LogP contribution < -0.4 is 16.0 Å². The SMILES string of the molecule is CC(C)CCNCc1cc(N(C)C)c2c(c1O)C(=O)C1=C(O)C3(O)C(=O)C(C(N)=O)=C(O)C(N(C)C)C3CC1C2. The summed E-state index contributed by atoms with van der Waals surface area (Å²) in [5.74, 6) is -6.01. The average Bonchev–Trinajstić information content (AvgIpc) is 2.84. The number of amides is 1. The number of aliphatic hydroxyl groups excluding tert-OH is 2. The van der Waals surface area contributed by atoms with Crippen LogP contribution in [0.15, 0.2) is 28.7 Å². The molecule has 0 aromatic heterocycles. The Balaban J connectivity index is 1.87. The van der Waals surface area contributed by atoms with Crippen molar-refractivity contribution in [3.05, 3.63) is 45.4 Å². The van der Waals surface area contributed by atoms with Crippen LogP contribution in [0.4, 0.5) is 5.69 Å². The van der Waals surface area contributed by atoms with Crippen molar-refractivity contribution >= 4 is 23.2 Å². The molecule has 11 nitrogen and oxygen atoms in total. The minimum absolute atomic E-state index is 0.0210. The molecule has 4 rings (SSSR count). The van der Waals surface area contributed by atoms with E-state index in [0.717, 1.165) is 18.7 Å². The number of carbonyl (C=O) groups is 3. The predicted molar refractivity (Wildman–Crippen MR) is 149 cm³/mol. The summed E-state index contributed by atoms with van der Waals surface area (Å²) >= 11 is 0. The number of carbonyl (C=O) groups excluding carboxylic acids is 3. The molecule has 7 N–H and O–H groups in total. The first-order chi connectivity index (χ1) is 18.6. The molecule has 218 valence electrons. The zero-order valence-electron chi connectivity index (χ0n) is 23.9. The fourth-order valence-electron chi connectivity index (χ4n) is 6.50. The Hall–Kier alpha value is -3.41. The summed E-state index contributed by atoms with van der Waals surface area (Å²) in [4.78, 5) is 43.0. The smallest absolute Gasteiger partial charge is 0.255 e. The second-order valence-electron chi connectivity index (χ2n) is 12.0. The summed E-state index contributed by atoms with van der Waals surface area (Å²) in [5.41, 5.74) is 3.63. The second kappa shape index (κ2) is 10.5. The molecule has 11 heteroatoms. The number of phenolic OH excluding ortho intramolecular Hbond substituents is 1. The quantitative estimate of drug-likeness (QED) is 0.202. The minimum atomic E-state index is -2.65. The third-order valence-electron chi connectivity index (χ3n) is 8.47. The zero-order chi connectivity index (χ0) is 29.8. The topological polar surface area (TPSA) is 177 Å². The molecule has 0 fully saturated rings. The van der Waals surface area contributed by atoms with E-state index in [1.165, 1.54) is 4.90 Å². The number of likely N-dealkylation sites (N-methyl/N-ethyl adjacent to an activating group) is 1. The van der Waals surface area contributed by atoms with Crippen LogP contribution in [0.2, 0.25) is 0 Å². The number of nitrogens with two attached hydrogens (primary N) is 1. The van der Waals surface area contributed by atoms with Gasteiger partial charge >= 0.3 is 0 Å². The van der Waals surface area contributed by atoms with E-state index < -0.39 is 58.0 Å². The average molecular weight is 557 g/mol. The Morgan fingerprint density at radius 2 is 1.82 bits per heavy atom. The molecule has 3 aliphatic rings. The number of primary amides is 1. The van der Waals surface area contributed by atoms with Gasteiger partial charge in [-0.15, -0.1) is 0 Å². The highest BCUT2D eigenvalue weighted by Crippen LogP contribution is 2.53. The van der Waals surface area contributed by atoms with Crippen LogP contribution in [0.3, 0.4) is 0 Å². The van der Waals surface area contributed by atoms with Gasteiger partial charge in [0, 0.05) is 43.4 Å². The normalized spacial score (nSPS) is 26.3. The van der Waals surface area contributed by atoms with Gasteiger partial charge in [-0.05, 0) is 63.4 Å². The van der Waals surface area contributed by atoms with Crippen molar-refractivity contribution in [3.8, 4) is 5.75 Å². The van der Waals surface area contributed by atoms with E-state index >= 15 is 0 Å². The number of ketones is 2. The Morgan fingerprint density at radius 3 is 2.38 bits per heavy atom. The lowest BCUT2D eigenvalue weighted by Crippen LogP contribution is -2.63. The Bertz CT molecular complexity index is 1330. The van der Waals surface area contributed by atoms with Gasteiger partial charge in [-0.1, -0.05) is 13.8 Å². The molecular weight excluding hydrogens is 516 g/mol. The van der Waals surface area contributed by atoms with E-state index in [0.29, 0.717) is 23.6 Å². The molecule has 1 amide bonds. The molecule has 40 heavy (non-hydrogen) atoms. The van der Waals surface area contributed by atoms with Gasteiger partial charge in [-0.3, -0.25) is 19.3 Å². The van der Waals surface area contributed by atoms with E-state index in [1.807, 2.05) is 25.1 Å². The molecule has 0 saturated carbocycles. The van der Waals surface area contributed by atoms with Crippen LogP contribution in [0.25, 0.3) is 0 Å². The molecule has 4 unspecified atom stereocenters. The molecule has 0 saturated heterocycles. The predicted octanol–water partition coefficient (Wildman–Crippen LogP) is 1.32. The molecular formula is C29H40N4O7. The Kier molecular flexibility index (Phi) is 7.78. The van der Waals surface area contributed by atoms with Gasteiger partial charge in [0.2, 0.25) is 5.78 Å². The maximum absolute atomic E-state index is 14.0. The lowest BCUT2D eigenvalue weighted by molar-refractivity contribution is -0.148. The van der Waals surface area contributed by atoms with Gasteiger partial charge < -0.3 is 36.4 Å². The summed E-state index contributed by atoms with van der Waals surface area (Å²) in [6, 6.07) is 0.823. The second-order valence-corrected chi connectivity index (χ2v) is 12.0. The maximum atomic E-state index is 14.0. The van der Waals surface area contributed by atoms with Crippen LogP contribution in [0.1, 0.15) is 48.2 Å². The molecule has 3 aliphatic carbocycles. The first-order valence-electron chi connectivity index (χ1n) is 13.5. The number of rotatable bonds is 8. The molecule has 1 aromatic carbocycles. The third kappa shape index (κ3) is 4.46. The summed E-state index contributed by atoms with van der Waals surface area (Å²) < 4.78 is 0. The monoisotopic (exact) mass is 556 g/mol. The highest BCUT2D eigenvalue weighted by atomic mass is 16.3. The number of nitrogens with one attached hydrogen (secondary N) is 1. The van der Waals surface area contributed by atoms with E-state index in [1.54, 1.807) is 14.1 Å². The highest BCUT2D eigenvalue weighted by Gasteiger charge is 2.63. The van der Waals surface area contributed by atoms with Gasteiger partial charge in [-0.2, -0.15) is 0 Å². The number of anilines is 1. The minimum Gasteiger partial charge on any atom is -0.510 e. The maximum Gasteiger partial charge on any atom is 0.255 e. The first-order valence-corrected chi connectivity index (χ1v) is 13.5. The number of aliphatic hydroxyl groups is 3. The number of allylic oxidation sites excluding steroid dienone is 1. The van der Waals surface area contributed by atoms with Gasteiger partial charge in [0.15, 0.2) is 11.4 Å². The molecule has 0 radical (unpaired) electrons. The number of nitrogens with zero attached hydrogens (tertiary/aromatic N) is 2. The number of Topliss-reactive ketones (excluding diaryl/α,β-unsaturated/α-hetero) is 2. The van der Waals surface area contributed by atoms with E-state index in [9.17, 15) is 34.8 Å². The zero-order valence-corrected chi connectivity index (χ0v) is 23.9. The fourth-order valence-corrected chi connectivity index (χ4v) is 6.50. The van der Waals surface area contributed by atoms with Gasteiger partial charge in [0.1, 0.15) is 22.8 Å².